The molecule has 0 unspecified atom stereocenters. The van der Waals surface area contributed by atoms with E-state index in [9.17, 15) is 9.59 Å². The predicted octanol–water partition coefficient (Wildman–Crippen LogP) is 1.25. The Labute approximate surface area is 182 Å². The second-order valence-electron chi connectivity index (χ2n) is 7.01. The van der Waals surface area contributed by atoms with Crippen molar-refractivity contribution in [1.29, 1.82) is 0 Å². The second kappa shape index (κ2) is 25.8. The molecule has 0 bridgehead atoms. The van der Waals surface area contributed by atoms with E-state index in [2.05, 4.69) is 24.5 Å². The summed E-state index contributed by atoms with van der Waals surface area (Å²) in [5.74, 6) is 0.613. The van der Waals surface area contributed by atoms with Gasteiger partial charge >= 0.3 is 0 Å². The van der Waals surface area contributed by atoms with Gasteiger partial charge in [0.1, 0.15) is 0 Å². The van der Waals surface area contributed by atoms with Gasteiger partial charge < -0.3 is 34.3 Å². The van der Waals surface area contributed by atoms with Crippen molar-refractivity contribution in [2.24, 2.45) is 11.8 Å². The number of hydrogen-bond donors (Lipinski definition) is 2. The van der Waals surface area contributed by atoms with Crippen molar-refractivity contribution in [3.8, 4) is 0 Å². The maximum Gasteiger partial charge on any atom is 0.222 e. The summed E-state index contributed by atoms with van der Waals surface area (Å²) >= 11 is 0. The average molecular weight is 437 g/mol. The zero-order valence-electron chi connectivity index (χ0n) is 19.6. The van der Waals surface area contributed by atoms with E-state index in [1.165, 1.54) is 0 Å². The Balaban J connectivity index is 0. The Kier molecular flexibility index (Phi) is 26.6. The standard InChI is InChI=1S/C16H33NO6.C5H11NO/c1-4-19-7-8-21-11-12-23-14-13-22-10-9-20-6-5-17-16(18)15(2)3;1-5(2)3-6-4-7/h15H,4-14H2,1-3H3,(H,17,18);4-5H,3H2,1-2H3,(H,6,7). The first-order valence-corrected chi connectivity index (χ1v) is 10.8. The topological polar surface area (TPSA) is 104 Å². The molecule has 0 heterocycles. The quantitative estimate of drug-likeness (QED) is 0.219. The van der Waals surface area contributed by atoms with E-state index < -0.39 is 0 Å². The van der Waals surface area contributed by atoms with E-state index >= 15 is 0 Å². The minimum atomic E-state index is 0.00778. The minimum Gasteiger partial charge on any atom is -0.379 e. The molecule has 9 heteroatoms. The van der Waals surface area contributed by atoms with Gasteiger partial charge in [-0.25, -0.2) is 0 Å². The molecule has 0 rings (SSSR count). The molecule has 0 aliphatic rings. The molecule has 0 radical (unpaired) electrons. The molecular weight excluding hydrogens is 392 g/mol. The van der Waals surface area contributed by atoms with E-state index in [0.29, 0.717) is 78.5 Å². The highest BCUT2D eigenvalue weighted by Crippen LogP contribution is 1.89. The van der Waals surface area contributed by atoms with E-state index in [-0.39, 0.29) is 11.8 Å². The predicted molar refractivity (Wildman–Crippen MR) is 117 cm³/mol. The Bertz CT molecular complexity index is 369. The fourth-order valence-corrected chi connectivity index (χ4v) is 1.76. The third kappa shape index (κ3) is 28.9. The molecule has 2 amide bonds. The van der Waals surface area contributed by atoms with Crippen molar-refractivity contribution in [2.75, 3.05) is 79.2 Å². The van der Waals surface area contributed by atoms with Crippen LogP contribution in [0.15, 0.2) is 0 Å². The lowest BCUT2D eigenvalue weighted by molar-refractivity contribution is -0.124. The number of carbonyl (C=O) groups excluding carboxylic acids is 2. The van der Waals surface area contributed by atoms with Gasteiger partial charge in [0.25, 0.3) is 0 Å². The van der Waals surface area contributed by atoms with E-state index in [1.807, 2.05) is 20.8 Å². The summed E-state index contributed by atoms with van der Waals surface area (Å²) in [5.41, 5.74) is 0. The van der Waals surface area contributed by atoms with Crippen molar-refractivity contribution in [3.05, 3.63) is 0 Å². The van der Waals surface area contributed by atoms with Crippen LogP contribution in [-0.4, -0.2) is 91.5 Å². The summed E-state index contributed by atoms with van der Waals surface area (Å²) in [7, 11) is 0. The average Bonchev–Trinajstić information content (AvgIpc) is 2.72. The van der Waals surface area contributed by atoms with Crippen LogP contribution < -0.4 is 10.6 Å². The zero-order valence-corrected chi connectivity index (χ0v) is 19.6. The van der Waals surface area contributed by atoms with Gasteiger partial charge in [-0.1, -0.05) is 27.7 Å². The number of hydrogen-bond acceptors (Lipinski definition) is 7. The van der Waals surface area contributed by atoms with Gasteiger partial charge in [-0.05, 0) is 12.8 Å². The largest absolute Gasteiger partial charge is 0.379 e. The smallest absolute Gasteiger partial charge is 0.222 e. The summed E-state index contributed by atoms with van der Waals surface area (Å²) < 4.78 is 26.5. The Morgan fingerprint density at radius 3 is 1.53 bits per heavy atom. The van der Waals surface area contributed by atoms with Crippen LogP contribution in [0.2, 0.25) is 0 Å². The number of rotatable bonds is 20. The van der Waals surface area contributed by atoms with Crippen LogP contribution in [0.3, 0.4) is 0 Å². The molecule has 0 saturated heterocycles. The Morgan fingerprint density at radius 1 is 0.767 bits per heavy atom. The highest BCUT2D eigenvalue weighted by molar-refractivity contribution is 5.77. The Hall–Kier alpha value is -1.26. The van der Waals surface area contributed by atoms with Gasteiger partial charge in [0.15, 0.2) is 0 Å². The molecule has 0 spiro atoms. The molecule has 0 aromatic carbocycles. The molecule has 0 saturated carbocycles. The molecule has 9 nitrogen and oxygen atoms in total. The van der Waals surface area contributed by atoms with Crippen molar-refractivity contribution in [2.45, 2.75) is 34.6 Å². The SMILES string of the molecule is CC(C)CNC=O.CCOCCOCCOCCOCCOCCNC(=O)C(C)C. The van der Waals surface area contributed by atoms with Gasteiger partial charge in [-0.15, -0.1) is 0 Å². The van der Waals surface area contributed by atoms with Crippen LogP contribution in [0.4, 0.5) is 0 Å². The van der Waals surface area contributed by atoms with Crippen LogP contribution in [0.25, 0.3) is 0 Å². The first-order chi connectivity index (χ1) is 14.5. The van der Waals surface area contributed by atoms with Gasteiger partial charge in [-0.2, -0.15) is 0 Å². The molecular formula is C21H44N2O7. The second-order valence-corrected chi connectivity index (χ2v) is 7.01. The van der Waals surface area contributed by atoms with E-state index in [4.69, 9.17) is 23.7 Å². The number of carbonyl (C=O) groups is 2. The van der Waals surface area contributed by atoms with Crippen LogP contribution in [-0.2, 0) is 33.3 Å². The lowest BCUT2D eigenvalue weighted by Crippen LogP contribution is -2.31. The Morgan fingerprint density at radius 2 is 1.20 bits per heavy atom. The number of amides is 2. The highest BCUT2D eigenvalue weighted by Gasteiger charge is 2.04. The van der Waals surface area contributed by atoms with Gasteiger partial charge in [0.2, 0.25) is 12.3 Å². The lowest BCUT2D eigenvalue weighted by Gasteiger charge is -2.09. The highest BCUT2D eigenvalue weighted by atomic mass is 16.6. The van der Waals surface area contributed by atoms with Crippen molar-refractivity contribution < 1.29 is 33.3 Å². The zero-order chi connectivity index (χ0) is 22.9. The maximum absolute atomic E-state index is 11.3. The molecule has 0 aromatic heterocycles. The minimum absolute atomic E-state index is 0.00778. The van der Waals surface area contributed by atoms with Crippen molar-refractivity contribution in [3.63, 3.8) is 0 Å². The molecule has 30 heavy (non-hydrogen) atoms. The van der Waals surface area contributed by atoms with E-state index in [1.54, 1.807) is 0 Å². The summed E-state index contributed by atoms with van der Waals surface area (Å²) in [6, 6.07) is 0. The molecule has 0 aliphatic carbocycles. The molecule has 0 aromatic rings. The van der Waals surface area contributed by atoms with Gasteiger partial charge in [-0.3, -0.25) is 9.59 Å². The van der Waals surface area contributed by atoms with Crippen LogP contribution >= 0.6 is 0 Å². The normalized spacial score (nSPS) is 10.6. The summed E-state index contributed by atoms with van der Waals surface area (Å²) in [6.45, 7) is 16.8. The first-order valence-electron chi connectivity index (χ1n) is 10.8. The number of nitrogens with one attached hydrogen (secondary N) is 2. The lowest BCUT2D eigenvalue weighted by atomic mass is 10.2. The summed E-state index contributed by atoms with van der Waals surface area (Å²) in [6.07, 6.45) is 0.722. The molecule has 180 valence electrons. The molecule has 0 fully saturated rings. The first kappa shape index (κ1) is 30.9. The molecule has 0 aliphatic heterocycles. The maximum atomic E-state index is 11.3. The summed E-state index contributed by atoms with van der Waals surface area (Å²) in [5, 5.41) is 5.35. The van der Waals surface area contributed by atoms with Gasteiger partial charge in [0, 0.05) is 25.6 Å². The number of ether oxygens (including phenoxy) is 5. The monoisotopic (exact) mass is 436 g/mol. The van der Waals surface area contributed by atoms with Crippen molar-refractivity contribution >= 4 is 12.3 Å². The summed E-state index contributed by atoms with van der Waals surface area (Å²) in [4.78, 5) is 20.9. The molecule has 0 atom stereocenters. The van der Waals surface area contributed by atoms with Crippen molar-refractivity contribution in [1.82, 2.24) is 10.6 Å². The molecule has 2 N–H and O–H groups in total. The third-order valence-electron chi connectivity index (χ3n) is 3.37. The van der Waals surface area contributed by atoms with Crippen LogP contribution in [0.1, 0.15) is 34.6 Å². The van der Waals surface area contributed by atoms with E-state index in [0.717, 1.165) is 13.0 Å². The van der Waals surface area contributed by atoms with Crippen LogP contribution in [0.5, 0.6) is 0 Å². The van der Waals surface area contributed by atoms with Crippen LogP contribution in [0, 0.1) is 11.8 Å². The van der Waals surface area contributed by atoms with Gasteiger partial charge in [0.05, 0.1) is 59.5 Å². The fraction of sp³-hybridized carbons (Fsp3) is 0.905. The third-order valence-corrected chi connectivity index (χ3v) is 3.37. The fourth-order valence-electron chi connectivity index (χ4n) is 1.76.